The largest absolute Gasteiger partial charge is 0.455 e. The lowest BCUT2D eigenvalue weighted by Crippen LogP contribution is -2.10. The molecular formula is C42H27N3O. The van der Waals surface area contributed by atoms with Crippen molar-refractivity contribution in [3.8, 4) is 22.6 Å². The van der Waals surface area contributed by atoms with E-state index in [1.54, 1.807) is 0 Å². The van der Waals surface area contributed by atoms with E-state index in [9.17, 15) is 0 Å². The van der Waals surface area contributed by atoms with Crippen LogP contribution >= 0.6 is 0 Å². The molecule has 4 nitrogen and oxygen atoms in total. The van der Waals surface area contributed by atoms with E-state index in [0.29, 0.717) is 5.82 Å². The summed E-state index contributed by atoms with van der Waals surface area (Å²) in [6.07, 6.45) is 0. The third kappa shape index (κ3) is 4.31. The molecule has 4 heteroatoms. The van der Waals surface area contributed by atoms with E-state index in [0.717, 1.165) is 77.5 Å². The summed E-state index contributed by atoms with van der Waals surface area (Å²) in [7, 11) is 0. The molecule has 7 aromatic carbocycles. The highest BCUT2D eigenvalue weighted by Gasteiger charge is 2.21. The van der Waals surface area contributed by atoms with Crippen LogP contribution < -0.4 is 4.90 Å². The minimum atomic E-state index is 0.685. The third-order valence-electron chi connectivity index (χ3n) is 8.63. The molecule has 2 aromatic heterocycles. The van der Waals surface area contributed by atoms with Crippen molar-refractivity contribution < 1.29 is 4.42 Å². The smallest absolute Gasteiger partial charge is 0.160 e. The molecule has 0 spiro atoms. The van der Waals surface area contributed by atoms with E-state index in [2.05, 4.69) is 132 Å². The topological polar surface area (TPSA) is 42.2 Å². The summed E-state index contributed by atoms with van der Waals surface area (Å²) < 4.78 is 6.61. The van der Waals surface area contributed by atoms with Crippen molar-refractivity contribution in [2.45, 2.75) is 0 Å². The Labute approximate surface area is 265 Å². The molecule has 216 valence electrons. The first-order chi connectivity index (χ1) is 22.8. The van der Waals surface area contributed by atoms with Gasteiger partial charge in [-0.2, -0.15) is 0 Å². The standard InChI is InChI=1S/C42H27N3O/c1-4-14-28(15-5-1)40-34-22-12-13-23-37(34)43-42(44-40)29-24-25-39-35(26-29)36-27-38(32-20-10-11-21-33(32)41(36)46-39)45(30-16-6-2-7-17-30)31-18-8-3-9-19-31/h1-27H. The molecule has 0 aliphatic carbocycles. The van der Waals surface area contributed by atoms with Crippen molar-refractivity contribution in [3.05, 3.63) is 164 Å². The number of hydrogen-bond acceptors (Lipinski definition) is 4. The second kappa shape index (κ2) is 10.7. The van der Waals surface area contributed by atoms with Crippen molar-refractivity contribution in [2.24, 2.45) is 0 Å². The van der Waals surface area contributed by atoms with Crippen LogP contribution in [0.25, 0.3) is 66.3 Å². The van der Waals surface area contributed by atoms with E-state index < -0.39 is 0 Å². The Morgan fingerprint density at radius 3 is 1.76 bits per heavy atom. The monoisotopic (exact) mass is 589 g/mol. The lowest BCUT2D eigenvalue weighted by atomic mass is 10.0. The molecule has 9 aromatic rings. The first kappa shape index (κ1) is 26.2. The summed E-state index contributed by atoms with van der Waals surface area (Å²) >= 11 is 0. The Kier molecular flexibility index (Phi) is 6.10. The van der Waals surface area contributed by atoms with Crippen LogP contribution in [0, 0.1) is 0 Å². The first-order valence-electron chi connectivity index (χ1n) is 15.4. The number of fused-ring (bicyclic) bond motifs is 6. The van der Waals surface area contributed by atoms with E-state index in [-0.39, 0.29) is 0 Å². The number of rotatable bonds is 5. The van der Waals surface area contributed by atoms with Crippen LogP contribution in [0.5, 0.6) is 0 Å². The predicted molar refractivity (Wildman–Crippen MR) is 190 cm³/mol. The fraction of sp³-hybridized carbons (Fsp3) is 0. The van der Waals surface area contributed by atoms with Crippen LogP contribution in [-0.4, -0.2) is 9.97 Å². The molecule has 0 bridgehead atoms. The third-order valence-corrected chi connectivity index (χ3v) is 8.63. The van der Waals surface area contributed by atoms with Gasteiger partial charge in [-0.15, -0.1) is 0 Å². The second-order valence-corrected chi connectivity index (χ2v) is 11.4. The number of hydrogen-bond donors (Lipinski definition) is 0. The molecule has 0 radical (unpaired) electrons. The van der Waals surface area contributed by atoms with Gasteiger partial charge in [0.25, 0.3) is 0 Å². The van der Waals surface area contributed by atoms with Gasteiger partial charge in [0.05, 0.1) is 16.9 Å². The Bertz CT molecular complexity index is 2480. The van der Waals surface area contributed by atoms with Gasteiger partial charge in [-0.3, -0.25) is 0 Å². The number of benzene rings is 7. The fourth-order valence-corrected chi connectivity index (χ4v) is 6.51. The first-order valence-corrected chi connectivity index (χ1v) is 15.4. The van der Waals surface area contributed by atoms with Gasteiger partial charge in [0.1, 0.15) is 11.2 Å². The van der Waals surface area contributed by atoms with Crippen LogP contribution in [0.3, 0.4) is 0 Å². The molecule has 0 aliphatic heterocycles. The molecule has 0 atom stereocenters. The van der Waals surface area contributed by atoms with Gasteiger partial charge in [0, 0.05) is 49.4 Å². The van der Waals surface area contributed by atoms with Gasteiger partial charge in [-0.25, -0.2) is 9.97 Å². The Hall–Kier alpha value is -6.26. The average Bonchev–Trinajstić information content (AvgIpc) is 3.51. The molecule has 0 saturated heterocycles. The SMILES string of the molecule is c1ccc(-c2nc(-c3ccc4oc5c6ccccc6c(N(c6ccccc6)c6ccccc6)cc5c4c3)nc3ccccc23)cc1. The minimum Gasteiger partial charge on any atom is -0.455 e. The van der Waals surface area contributed by atoms with Crippen molar-refractivity contribution in [3.63, 3.8) is 0 Å². The lowest BCUT2D eigenvalue weighted by Gasteiger charge is -2.27. The summed E-state index contributed by atoms with van der Waals surface area (Å²) in [5, 5.41) is 5.29. The van der Waals surface area contributed by atoms with Crippen molar-refractivity contribution >= 4 is 60.7 Å². The van der Waals surface area contributed by atoms with E-state index in [1.165, 1.54) is 0 Å². The molecule has 0 unspecified atom stereocenters. The van der Waals surface area contributed by atoms with Gasteiger partial charge in [0.2, 0.25) is 0 Å². The van der Waals surface area contributed by atoms with Gasteiger partial charge in [-0.05, 0) is 54.6 Å². The van der Waals surface area contributed by atoms with Crippen LogP contribution in [0.4, 0.5) is 17.1 Å². The highest BCUT2D eigenvalue weighted by atomic mass is 16.3. The highest BCUT2D eigenvalue weighted by molar-refractivity contribution is 6.20. The average molecular weight is 590 g/mol. The lowest BCUT2D eigenvalue weighted by molar-refractivity contribution is 0.672. The Morgan fingerprint density at radius 1 is 0.435 bits per heavy atom. The summed E-state index contributed by atoms with van der Waals surface area (Å²) in [6, 6.07) is 56.6. The van der Waals surface area contributed by atoms with Crippen LogP contribution in [0.1, 0.15) is 0 Å². The minimum absolute atomic E-state index is 0.685. The summed E-state index contributed by atoms with van der Waals surface area (Å²) in [5.74, 6) is 0.685. The number of aromatic nitrogens is 2. The number of nitrogens with zero attached hydrogens (tertiary/aromatic N) is 3. The Balaban J connectivity index is 1.30. The zero-order valence-electron chi connectivity index (χ0n) is 24.8. The molecular weight excluding hydrogens is 562 g/mol. The number of anilines is 3. The molecule has 0 N–H and O–H groups in total. The number of furan rings is 1. The normalized spacial score (nSPS) is 11.5. The quantitative estimate of drug-likeness (QED) is 0.200. The summed E-state index contributed by atoms with van der Waals surface area (Å²) in [4.78, 5) is 12.5. The van der Waals surface area contributed by atoms with Gasteiger partial charge < -0.3 is 9.32 Å². The van der Waals surface area contributed by atoms with Crippen molar-refractivity contribution in [1.29, 1.82) is 0 Å². The maximum absolute atomic E-state index is 6.61. The molecule has 46 heavy (non-hydrogen) atoms. The molecule has 9 rings (SSSR count). The van der Waals surface area contributed by atoms with E-state index in [4.69, 9.17) is 14.4 Å². The van der Waals surface area contributed by atoms with Gasteiger partial charge in [0.15, 0.2) is 5.82 Å². The molecule has 2 heterocycles. The maximum atomic E-state index is 6.61. The van der Waals surface area contributed by atoms with Crippen molar-refractivity contribution in [2.75, 3.05) is 4.90 Å². The van der Waals surface area contributed by atoms with Crippen LogP contribution in [0.15, 0.2) is 168 Å². The van der Waals surface area contributed by atoms with Gasteiger partial charge >= 0.3 is 0 Å². The predicted octanol–water partition coefficient (Wildman–Crippen LogP) is 11.5. The van der Waals surface area contributed by atoms with E-state index >= 15 is 0 Å². The zero-order chi connectivity index (χ0) is 30.5. The number of para-hydroxylation sites is 3. The molecule has 0 amide bonds. The zero-order valence-corrected chi connectivity index (χ0v) is 24.8. The van der Waals surface area contributed by atoms with Crippen LogP contribution in [0.2, 0.25) is 0 Å². The summed E-state index contributed by atoms with van der Waals surface area (Å²) in [6.45, 7) is 0. The van der Waals surface area contributed by atoms with Gasteiger partial charge in [-0.1, -0.05) is 109 Å². The maximum Gasteiger partial charge on any atom is 0.160 e. The summed E-state index contributed by atoms with van der Waals surface area (Å²) in [5.41, 5.74) is 8.81. The molecule has 0 aliphatic rings. The second-order valence-electron chi connectivity index (χ2n) is 11.4. The highest BCUT2D eigenvalue weighted by Crippen LogP contribution is 2.44. The van der Waals surface area contributed by atoms with E-state index in [1.807, 2.05) is 36.4 Å². The molecule has 0 saturated carbocycles. The fourth-order valence-electron chi connectivity index (χ4n) is 6.51. The van der Waals surface area contributed by atoms with Crippen LogP contribution in [-0.2, 0) is 0 Å². The molecule has 0 fully saturated rings. The Morgan fingerprint density at radius 2 is 1.04 bits per heavy atom. The van der Waals surface area contributed by atoms with Crippen molar-refractivity contribution in [1.82, 2.24) is 9.97 Å².